The van der Waals surface area contributed by atoms with Crippen molar-refractivity contribution < 1.29 is 24.6 Å². The Bertz CT molecular complexity index is 1230. The second-order valence-electron chi connectivity index (χ2n) is 6.71. The van der Waals surface area contributed by atoms with E-state index in [1.165, 1.54) is 18.3 Å². The number of amides is 1. The van der Waals surface area contributed by atoms with Crippen molar-refractivity contribution >= 4 is 40.6 Å². The summed E-state index contributed by atoms with van der Waals surface area (Å²) in [5, 5.41) is 23.2. The molecule has 32 heavy (non-hydrogen) atoms. The number of nitrogen functional groups attached to an aromatic ring is 1. The number of carbonyl (C=O) groups is 3. The zero-order valence-corrected chi connectivity index (χ0v) is 16.5. The van der Waals surface area contributed by atoms with E-state index in [2.05, 4.69) is 30.6 Å². The number of aromatic nitrogens is 4. The van der Waals surface area contributed by atoms with Crippen LogP contribution in [0.5, 0.6) is 0 Å². The van der Waals surface area contributed by atoms with E-state index in [1.807, 2.05) is 0 Å². The number of hydrogen-bond donors (Lipinski definition) is 6. The summed E-state index contributed by atoms with van der Waals surface area (Å²) in [5.74, 6) is -3.16. The Hall–Kier alpha value is -4.55. The van der Waals surface area contributed by atoms with Crippen LogP contribution < -0.4 is 21.9 Å². The van der Waals surface area contributed by atoms with Gasteiger partial charge in [-0.15, -0.1) is 0 Å². The lowest BCUT2D eigenvalue weighted by Gasteiger charge is -2.14. The maximum atomic E-state index is 12.3. The van der Waals surface area contributed by atoms with Gasteiger partial charge in [-0.3, -0.25) is 19.4 Å². The first kappa shape index (κ1) is 22.1. The number of carbonyl (C=O) groups excluding carboxylic acids is 1. The van der Waals surface area contributed by atoms with Crippen LogP contribution in [-0.2, 0) is 16.1 Å². The van der Waals surface area contributed by atoms with Crippen LogP contribution in [0.15, 0.2) is 35.3 Å². The minimum absolute atomic E-state index is 0.0659. The van der Waals surface area contributed by atoms with Gasteiger partial charge in [0.25, 0.3) is 11.5 Å². The number of nitrogens with zero attached hydrogens (tertiary/aromatic N) is 3. The van der Waals surface area contributed by atoms with Gasteiger partial charge < -0.3 is 26.6 Å². The van der Waals surface area contributed by atoms with E-state index in [-0.39, 0.29) is 42.1 Å². The van der Waals surface area contributed by atoms with E-state index in [0.29, 0.717) is 11.4 Å². The summed E-state index contributed by atoms with van der Waals surface area (Å²) in [6, 6.07) is 4.88. The number of hydrogen-bond acceptors (Lipinski definition) is 9. The zero-order valence-electron chi connectivity index (χ0n) is 16.5. The molecule has 0 bridgehead atoms. The first-order valence-electron chi connectivity index (χ1n) is 9.33. The Morgan fingerprint density at radius 1 is 1.12 bits per heavy atom. The fourth-order valence-corrected chi connectivity index (χ4v) is 2.75. The highest BCUT2D eigenvalue weighted by molar-refractivity contribution is 5.96. The smallest absolute Gasteiger partial charge is 0.326 e. The second-order valence-corrected chi connectivity index (χ2v) is 6.71. The number of aromatic amines is 1. The van der Waals surface area contributed by atoms with Crippen molar-refractivity contribution in [3.63, 3.8) is 0 Å². The van der Waals surface area contributed by atoms with Crippen molar-refractivity contribution in [2.75, 3.05) is 11.1 Å². The summed E-state index contributed by atoms with van der Waals surface area (Å²) < 4.78 is 0. The Morgan fingerprint density at radius 3 is 2.50 bits per heavy atom. The van der Waals surface area contributed by atoms with E-state index < -0.39 is 29.4 Å². The molecule has 0 aliphatic carbocycles. The summed E-state index contributed by atoms with van der Waals surface area (Å²) in [5.41, 5.74) is 6.57. The number of H-pyrrole nitrogens is 1. The van der Waals surface area contributed by atoms with Crippen LogP contribution in [0.2, 0.25) is 0 Å². The monoisotopic (exact) mass is 441 g/mol. The molecular formula is C19H19N7O6. The van der Waals surface area contributed by atoms with Crippen molar-refractivity contribution in [2.24, 2.45) is 0 Å². The van der Waals surface area contributed by atoms with Gasteiger partial charge in [0.15, 0.2) is 11.2 Å². The molecule has 1 atom stereocenters. The summed E-state index contributed by atoms with van der Waals surface area (Å²) in [4.78, 5) is 60.4. The molecular weight excluding hydrogens is 422 g/mol. The van der Waals surface area contributed by atoms with E-state index >= 15 is 0 Å². The molecule has 3 rings (SSSR count). The molecule has 0 spiro atoms. The number of fused-ring (bicyclic) bond motifs is 1. The Morgan fingerprint density at radius 2 is 1.84 bits per heavy atom. The summed E-state index contributed by atoms with van der Waals surface area (Å²) >= 11 is 0. The van der Waals surface area contributed by atoms with E-state index in [9.17, 15) is 19.2 Å². The van der Waals surface area contributed by atoms with Crippen molar-refractivity contribution in [2.45, 2.75) is 25.4 Å². The van der Waals surface area contributed by atoms with Gasteiger partial charge in [0.05, 0.1) is 18.4 Å². The van der Waals surface area contributed by atoms with Crippen molar-refractivity contribution in [1.29, 1.82) is 0 Å². The average molecular weight is 441 g/mol. The number of anilines is 2. The molecule has 3 aromatic rings. The molecule has 1 aromatic carbocycles. The summed E-state index contributed by atoms with van der Waals surface area (Å²) in [6.07, 6.45) is 0.816. The van der Waals surface area contributed by atoms with Crippen LogP contribution in [0, 0.1) is 0 Å². The molecule has 0 saturated carbocycles. The standard InChI is InChI=1S/C19H19N7O6/c20-19-25-15-14(17(30)26-19)22-8-11(23-15)7-21-10-3-1-9(2-4-10)16(29)24-12(18(31)32)5-6-13(27)28/h1-4,8,12,21H,5-7H2,(H,24,29)(H,27,28)(H,31,32)(H3,20,23,25,26,30)/t12-/m1/s1. The maximum Gasteiger partial charge on any atom is 0.326 e. The lowest BCUT2D eigenvalue weighted by atomic mass is 10.1. The molecule has 0 unspecified atom stereocenters. The van der Waals surface area contributed by atoms with Crippen molar-refractivity contribution in [3.05, 3.63) is 52.1 Å². The summed E-state index contributed by atoms with van der Waals surface area (Å²) in [6.45, 7) is 0.249. The third-order valence-corrected chi connectivity index (χ3v) is 4.36. The van der Waals surface area contributed by atoms with E-state index in [1.54, 1.807) is 12.1 Å². The van der Waals surface area contributed by atoms with Crippen LogP contribution >= 0.6 is 0 Å². The van der Waals surface area contributed by atoms with Crippen LogP contribution in [0.25, 0.3) is 11.2 Å². The maximum absolute atomic E-state index is 12.3. The predicted molar refractivity (Wildman–Crippen MR) is 112 cm³/mol. The summed E-state index contributed by atoms with van der Waals surface area (Å²) in [7, 11) is 0. The number of carboxylic acid groups (broad SMARTS) is 2. The topological polar surface area (TPSA) is 213 Å². The molecule has 2 aromatic heterocycles. The van der Waals surface area contributed by atoms with E-state index in [0.717, 1.165) is 0 Å². The molecule has 0 fully saturated rings. The number of benzene rings is 1. The van der Waals surface area contributed by atoms with Gasteiger partial charge in [0.2, 0.25) is 5.95 Å². The first-order chi connectivity index (χ1) is 15.2. The molecule has 2 heterocycles. The first-order valence-corrected chi connectivity index (χ1v) is 9.33. The quantitative estimate of drug-likeness (QED) is 0.259. The normalized spacial score (nSPS) is 11.6. The SMILES string of the molecule is Nc1nc2nc(CNc3ccc(C(=O)N[C@H](CCC(=O)O)C(=O)O)cc3)cnc2c(=O)[nH]1. The molecule has 13 nitrogen and oxygen atoms in total. The van der Waals surface area contributed by atoms with Gasteiger partial charge in [0.1, 0.15) is 6.04 Å². The van der Waals surface area contributed by atoms with Crippen LogP contribution in [0.4, 0.5) is 11.6 Å². The Kier molecular flexibility index (Phi) is 6.58. The second kappa shape index (κ2) is 9.51. The molecule has 7 N–H and O–H groups in total. The van der Waals surface area contributed by atoms with Gasteiger partial charge in [-0.2, -0.15) is 4.98 Å². The zero-order chi connectivity index (χ0) is 23.3. The van der Waals surface area contributed by atoms with Crippen LogP contribution in [-0.4, -0.2) is 54.0 Å². The van der Waals surface area contributed by atoms with Gasteiger partial charge in [-0.05, 0) is 30.7 Å². The van der Waals surface area contributed by atoms with Crippen LogP contribution in [0.3, 0.4) is 0 Å². The Balaban J connectivity index is 1.62. The van der Waals surface area contributed by atoms with Gasteiger partial charge in [-0.1, -0.05) is 0 Å². The van der Waals surface area contributed by atoms with Gasteiger partial charge in [0, 0.05) is 17.7 Å². The molecule has 0 aliphatic rings. The third kappa shape index (κ3) is 5.53. The van der Waals surface area contributed by atoms with Gasteiger partial charge in [-0.25, -0.2) is 14.8 Å². The third-order valence-electron chi connectivity index (χ3n) is 4.36. The highest BCUT2D eigenvalue weighted by Crippen LogP contribution is 2.12. The number of rotatable bonds is 9. The minimum atomic E-state index is -1.31. The highest BCUT2D eigenvalue weighted by Gasteiger charge is 2.21. The largest absolute Gasteiger partial charge is 0.481 e. The highest BCUT2D eigenvalue weighted by atomic mass is 16.4. The molecule has 0 aliphatic heterocycles. The molecule has 0 saturated heterocycles. The number of aliphatic carboxylic acids is 2. The predicted octanol–water partition coefficient (Wildman–Crippen LogP) is -0.0448. The van der Waals surface area contributed by atoms with Crippen molar-refractivity contribution in [3.8, 4) is 0 Å². The minimum Gasteiger partial charge on any atom is -0.481 e. The average Bonchev–Trinajstić information content (AvgIpc) is 2.74. The molecule has 1 amide bonds. The number of nitrogens with two attached hydrogens (primary N) is 1. The number of carboxylic acids is 2. The fourth-order valence-electron chi connectivity index (χ4n) is 2.75. The number of nitrogens with one attached hydrogen (secondary N) is 3. The molecule has 166 valence electrons. The van der Waals surface area contributed by atoms with E-state index in [4.69, 9.17) is 15.9 Å². The van der Waals surface area contributed by atoms with Gasteiger partial charge >= 0.3 is 11.9 Å². The van der Waals surface area contributed by atoms with Crippen molar-refractivity contribution in [1.82, 2.24) is 25.3 Å². The fraction of sp³-hybridized carbons (Fsp3) is 0.211. The van der Waals surface area contributed by atoms with Crippen LogP contribution in [0.1, 0.15) is 28.9 Å². The molecule has 0 radical (unpaired) electrons. The molecule has 13 heteroatoms. The Labute approximate surface area is 179 Å². The lowest BCUT2D eigenvalue weighted by molar-refractivity contribution is -0.140. The lowest BCUT2D eigenvalue weighted by Crippen LogP contribution is -2.41.